The molecule has 0 aliphatic carbocycles. The predicted molar refractivity (Wildman–Crippen MR) is 108 cm³/mol. The first-order chi connectivity index (χ1) is 13.8. The van der Waals surface area contributed by atoms with Gasteiger partial charge in [-0.15, -0.1) is 0 Å². The molecule has 28 heavy (non-hydrogen) atoms. The van der Waals surface area contributed by atoms with Crippen LogP contribution in [0.1, 0.15) is 12.8 Å². The van der Waals surface area contributed by atoms with Crippen molar-refractivity contribution in [1.82, 2.24) is 19.4 Å². The third kappa shape index (κ3) is 2.81. The summed E-state index contributed by atoms with van der Waals surface area (Å²) in [7, 11) is 0. The normalized spacial score (nSPS) is 15.0. The summed E-state index contributed by atoms with van der Waals surface area (Å²) in [5.74, 6) is 0.176. The minimum Gasteiger partial charge on any atom is -0.370 e. The Balaban J connectivity index is 1.53. The predicted octanol–water partition coefficient (Wildman–Crippen LogP) is 3.93. The van der Waals surface area contributed by atoms with Crippen LogP contribution < -0.4 is 4.90 Å². The van der Waals surface area contributed by atoms with Crippen LogP contribution in [-0.2, 0) is 0 Å². The van der Waals surface area contributed by atoms with Crippen LogP contribution in [0.5, 0.6) is 0 Å². The van der Waals surface area contributed by atoms with Crippen LogP contribution in [0.2, 0.25) is 0 Å². The Morgan fingerprint density at radius 2 is 1.79 bits per heavy atom. The quantitative estimate of drug-likeness (QED) is 0.550. The third-order valence-corrected chi connectivity index (χ3v) is 5.48. The number of nitrogens with zero attached hydrogens (tertiary/aromatic N) is 6. The van der Waals surface area contributed by atoms with Crippen molar-refractivity contribution in [2.24, 2.45) is 5.92 Å². The standard InChI is InChI=1S/C22H20N6/c23-15-17-8-13-26(14-9-17)21-3-1-11-28-22(21)20(16-25-28)18-4-6-19(7-5-18)27-12-2-10-24-27/h1-7,10-12,16-17H,8-9,13-14H2. The van der Waals surface area contributed by atoms with Crippen molar-refractivity contribution < 1.29 is 0 Å². The van der Waals surface area contributed by atoms with Gasteiger partial charge in [0.1, 0.15) is 0 Å². The van der Waals surface area contributed by atoms with Crippen LogP contribution in [0.3, 0.4) is 0 Å². The second-order valence-corrected chi connectivity index (χ2v) is 7.13. The van der Waals surface area contributed by atoms with Crippen molar-refractivity contribution in [2.75, 3.05) is 18.0 Å². The third-order valence-electron chi connectivity index (χ3n) is 5.48. The van der Waals surface area contributed by atoms with Crippen LogP contribution in [-0.4, -0.2) is 32.5 Å². The molecule has 0 radical (unpaired) electrons. The summed E-state index contributed by atoms with van der Waals surface area (Å²) in [6.07, 6.45) is 9.47. The van der Waals surface area contributed by atoms with Crippen LogP contribution in [0.15, 0.2) is 67.3 Å². The number of hydrogen-bond acceptors (Lipinski definition) is 4. The van der Waals surface area contributed by atoms with Gasteiger partial charge in [0.15, 0.2) is 0 Å². The lowest BCUT2D eigenvalue weighted by Crippen LogP contribution is -2.33. The number of piperidine rings is 1. The lowest BCUT2D eigenvalue weighted by Gasteiger charge is -2.31. The van der Waals surface area contributed by atoms with E-state index >= 15 is 0 Å². The van der Waals surface area contributed by atoms with E-state index in [1.54, 1.807) is 6.20 Å². The molecule has 4 heterocycles. The summed E-state index contributed by atoms with van der Waals surface area (Å²) in [5, 5.41) is 18.0. The van der Waals surface area contributed by atoms with Gasteiger partial charge in [0, 0.05) is 43.2 Å². The molecule has 1 aliphatic heterocycles. The first-order valence-corrected chi connectivity index (χ1v) is 9.55. The van der Waals surface area contributed by atoms with Crippen LogP contribution in [0.25, 0.3) is 22.3 Å². The molecule has 0 amide bonds. The van der Waals surface area contributed by atoms with E-state index in [1.165, 1.54) is 5.69 Å². The fraction of sp³-hybridized carbons (Fsp3) is 0.227. The molecule has 1 aliphatic rings. The molecule has 4 aromatic rings. The molecule has 6 nitrogen and oxygen atoms in total. The topological polar surface area (TPSA) is 62.1 Å². The maximum atomic E-state index is 9.18. The number of pyridine rings is 1. The summed E-state index contributed by atoms with van der Waals surface area (Å²) in [4.78, 5) is 2.38. The number of hydrogen-bond donors (Lipinski definition) is 0. The van der Waals surface area contributed by atoms with Gasteiger partial charge < -0.3 is 4.90 Å². The molecule has 0 unspecified atom stereocenters. The van der Waals surface area contributed by atoms with Gasteiger partial charge in [0.2, 0.25) is 0 Å². The molecule has 1 aromatic carbocycles. The van der Waals surface area contributed by atoms with Crippen molar-refractivity contribution in [1.29, 1.82) is 5.26 Å². The summed E-state index contributed by atoms with van der Waals surface area (Å²) in [5.41, 5.74) is 5.58. The molecule has 0 bridgehead atoms. The van der Waals surface area contributed by atoms with Crippen molar-refractivity contribution >= 4 is 11.2 Å². The van der Waals surface area contributed by atoms with E-state index in [-0.39, 0.29) is 5.92 Å². The summed E-state index contributed by atoms with van der Waals surface area (Å²) >= 11 is 0. The van der Waals surface area contributed by atoms with Gasteiger partial charge in [-0.05, 0) is 48.7 Å². The highest BCUT2D eigenvalue weighted by atomic mass is 15.3. The molecule has 5 rings (SSSR count). The van der Waals surface area contributed by atoms with Crippen molar-refractivity contribution in [3.63, 3.8) is 0 Å². The second kappa shape index (κ2) is 6.86. The molecule has 6 heteroatoms. The molecule has 138 valence electrons. The lowest BCUT2D eigenvalue weighted by molar-refractivity contribution is 0.488. The molecular weight excluding hydrogens is 348 g/mol. The van der Waals surface area contributed by atoms with Crippen LogP contribution >= 0.6 is 0 Å². The molecule has 0 saturated carbocycles. The number of rotatable bonds is 3. The van der Waals surface area contributed by atoms with E-state index < -0.39 is 0 Å². The number of nitriles is 1. The van der Waals surface area contributed by atoms with Gasteiger partial charge in [-0.3, -0.25) is 0 Å². The Bertz CT molecular complexity index is 1130. The molecule has 0 spiro atoms. The van der Waals surface area contributed by atoms with Gasteiger partial charge in [-0.2, -0.15) is 15.5 Å². The highest BCUT2D eigenvalue weighted by molar-refractivity contribution is 5.90. The minimum absolute atomic E-state index is 0.176. The second-order valence-electron chi connectivity index (χ2n) is 7.13. The number of anilines is 1. The highest BCUT2D eigenvalue weighted by Crippen LogP contribution is 2.34. The summed E-state index contributed by atoms with van der Waals surface area (Å²) < 4.78 is 3.80. The Kier molecular flexibility index (Phi) is 4.06. The molecule has 0 N–H and O–H groups in total. The number of aromatic nitrogens is 4. The molecule has 3 aromatic heterocycles. The minimum atomic E-state index is 0.176. The molecule has 1 saturated heterocycles. The average molecular weight is 368 g/mol. The van der Waals surface area contributed by atoms with Gasteiger partial charge in [-0.25, -0.2) is 9.20 Å². The van der Waals surface area contributed by atoms with Gasteiger partial charge in [-0.1, -0.05) is 12.1 Å². The zero-order chi connectivity index (χ0) is 18.9. The lowest BCUT2D eigenvalue weighted by atomic mass is 9.97. The maximum Gasteiger partial charge on any atom is 0.0973 e. The van der Waals surface area contributed by atoms with Crippen molar-refractivity contribution in [3.05, 3.63) is 67.3 Å². The van der Waals surface area contributed by atoms with E-state index in [2.05, 4.69) is 51.5 Å². The van der Waals surface area contributed by atoms with E-state index in [0.717, 1.165) is 48.3 Å². The Hall–Kier alpha value is -3.59. The zero-order valence-electron chi connectivity index (χ0n) is 15.4. The van der Waals surface area contributed by atoms with E-state index in [0.29, 0.717) is 0 Å². The van der Waals surface area contributed by atoms with Gasteiger partial charge in [0.25, 0.3) is 0 Å². The number of fused-ring (bicyclic) bond motifs is 1. The molecule has 1 fully saturated rings. The van der Waals surface area contributed by atoms with Crippen LogP contribution in [0.4, 0.5) is 5.69 Å². The SMILES string of the molecule is N#CC1CCN(c2cccn3ncc(-c4ccc(-n5cccn5)cc4)c23)CC1. The molecular formula is C22H20N6. The van der Waals surface area contributed by atoms with E-state index in [9.17, 15) is 5.26 Å². The van der Waals surface area contributed by atoms with E-state index in [4.69, 9.17) is 0 Å². The maximum absolute atomic E-state index is 9.18. The highest BCUT2D eigenvalue weighted by Gasteiger charge is 2.22. The smallest absolute Gasteiger partial charge is 0.0973 e. The van der Waals surface area contributed by atoms with Crippen molar-refractivity contribution in [2.45, 2.75) is 12.8 Å². The van der Waals surface area contributed by atoms with E-state index in [1.807, 2.05) is 39.9 Å². The molecule has 0 atom stereocenters. The average Bonchev–Trinajstić information content (AvgIpc) is 3.44. The fourth-order valence-electron chi connectivity index (χ4n) is 3.96. The van der Waals surface area contributed by atoms with Gasteiger partial charge >= 0.3 is 0 Å². The number of benzene rings is 1. The zero-order valence-corrected chi connectivity index (χ0v) is 15.4. The van der Waals surface area contributed by atoms with Crippen LogP contribution in [0, 0.1) is 17.2 Å². The monoisotopic (exact) mass is 368 g/mol. The Labute approximate surface area is 163 Å². The van der Waals surface area contributed by atoms with Crippen molar-refractivity contribution in [3.8, 4) is 22.9 Å². The summed E-state index contributed by atoms with van der Waals surface area (Å²) in [6, 6.07) is 16.9. The first kappa shape index (κ1) is 16.6. The Morgan fingerprint density at radius 1 is 0.964 bits per heavy atom. The summed E-state index contributed by atoms with van der Waals surface area (Å²) in [6.45, 7) is 1.81. The fourth-order valence-corrected chi connectivity index (χ4v) is 3.96. The largest absolute Gasteiger partial charge is 0.370 e. The van der Waals surface area contributed by atoms with Gasteiger partial charge in [0.05, 0.1) is 29.2 Å². The first-order valence-electron chi connectivity index (χ1n) is 9.55. The Morgan fingerprint density at radius 3 is 2.50 bits per heavy atom.